The van der Waals surface area contributed by atoms with Crippen LogP contribution in [-0.4, -0.2) is 43.8 Å². The van der Waals surface area contributed by atoms with E-state index in [9.17, 15) is 19.2 Å². The fraction of sp³-hybridized carbons (Fsp3) is 0.185. The summed E-state index contributed by atoms with van der Waals surface area (Å²) in [5.41, 5.74) is 2.34. The standard InChI is InChI=1S/C27H23NO7/c1-14-22(33-3)11-16(12-23(14)34-4)27(32)35-15(2)26(31)28-17-9-10-20-21(13-17)25(30)19-8-6-5-7-18(19)24(20)29/h5-13,15H,1-4H3,(H,28,31). The molecule has 3 aromatic rings. The molecule has 0 fully saturated rings. The molecule has 0 saturated carbocycles. The van der Waals surface area contributed by atoms with E-state index in [1.165, 1.54) is 51.5 Å². The van der Waals surface area contributed by atoms with Gasteiger partial charge in [0.1, 0.15) is 11.5 Å². The van der Waals surface area contributed by atoms with Crippen LogP contribution in [0.3, 0.4) is 0 Å². The number of hydrogen-bond donors (Lipinski definition) is 1. The lowest BCUT2D eigenvalue weighted by atomic mass is 9.84. The molecule has 1 amide bonds. The van der Waals surface area contributed by atoms with Gasteiger partial charge in [0.15, 0.2) is 17.7 Å². The zero-order valence-electron chi connectivity index (χ0n) is 19.6. The molecule has 1 unspecified atom stereocenters. The summed E-state index contributed by atoms with van der Waals surface area (Å²) in [6.45, 7) is 3.22. The second-order valence-corrected chi connectivity index (χ2v) is 8.01. The van der Waals surface area contributed by atoms with Gasteiger partial charge in [-0.3, -0.25) is 14.4 Å². The fourth-order valence-corrected chi connectivity index (χ4v) is 3.91. The van der Waals surface area contributed by atoms with E-state index in [2.05, 4.69) is 5.32 Å². The van der Waals surface area contributed by atoms with Crippen molar-refractivity contribution in [2.45, 2.75) is 20.0 Å². The Bertz CT molecular complexity index is 1350. The maximum Gasteiger partial charge on any atom is 0.339 e. The molecular formula is C27H23NO7. The van der Waals surface area contributed by atoms with Crippen LogP contribution in [0.5, 0.6) is 11.5 Å². The molecule has 0 spiro atoms. The van der Waals surface area contributed by atoms with Crippen LogP contribution in [0.25, 0.3) is 0 Å². The van der Waals surface area contributed by atoms with Crippen LogP contribution in [0.2, 0.25) is 0 Å². The fourth-order valence-electron chi connectivity index (χ4n) is 3.91. The maximum atomic E-state index is 12.9. The molecule has 35 heavy (non-hydrogen) atoms. The first-order valence-electron chi connectivity index (χ1n) is 10.8. The lowest BCUT2D eigenvalue weighted by Gasteiger charge is -2.19. The predicted molar refractivity (Wildman–Crippen MR) is 128 cm³/mol. The lowest BCUT2D eigenvalue weighted by Crippen LogP contribution is -2.30. The minimum atomic E-state index is -1.14. The molecule has 0 heterocycles. The van der Waals surface area contributed by atoms with Crippen LogP contribution in [-0.2, 0) is 9.53 Å². The number of carbonyl (C=O) groups excluding carboxylic acids is 4. The van der Waals surface area contributed by atoms with Crippen molar-refractivity contribution in [2.75, 3.05) is 19.5 Å². The van der Waals surface area contributed by atoms with Gasteiger partial charge in [0.2, 0.25) is 0 Å². The van der Waals surface area contributed by atoms with Gasteiger partial charge < -0.3 is 19.5 Å². The summed E-state index contributed by atoms with van der Waals surface area (Å²) in [4.78, 5) is 51.0. The first-order valence-corrected chi connectivity index (χ1v) is 10.8. The largest absolute Gasteiger partial charge is 0.496 e. The highest BCUT2D eigenvalue weighted by atomic mass is 16.5. The molecule has 1 atom stereocenters. The molecule has 0 saturated heterocycles. The average Bonchev–Trinajstić information content (AvgIpc) is 2.87. The molecular weight excluding hydrogens is 450 g/mol. The number of fused-ring (bicyclic) bond motifs is 2. The van der Waals surface area contributed by atoms with E-state index < -0.39 is 18.0 Å². The highest BCUT2D eigenvalue weighted by molar-refractivity contribution is 6.28. The molecule has 0 radical (unpaired) electrons. The van der Waals surface area contributed by atoms with E-state index in [4.69, 9.17) is 14.2 Å². The molecule has 0 aromatic heterocycles. The zero-order chi connectivity index (χ0) is 25.3. The van der Waals surface area contributed by atoms with Crippen molar-refractivity contribution in [3.8, 4) is 11.5 Å². The topological polar surface area (TPSA) is 108 Å². The quantitative estimate of drug-likeness (QED) is 0.422. The maximum absolute atomic E-state index is 12.9. The third kappa shape index (κ3) is 4.38. The Morgan fingerprint density at radius 2 is 1.34 bits per heavy atom. The summed E-state index contributed by atoms with van der Waals surface area (Å²) in [5, 5.41) is 2.63. The number of carbonyl (C=O) groups is 4. The van der Waals surface area contributed by atoms with E-state index in [0.717, 1.165) is 5.56 Å². The van der Waals surface area contributed by atoms with Crippen molar-refractivity contribution >= 4 is 29.1 Å². The van der Waals surface area contributed by atoms with Crippen molar-refractivity contribution in [1.82, 2.24) is 0 Å². The molecule has 0 bridgehead atoms. The van der Waals surface area contributed by atoms with Crippen LogP contribution in [0.15, 0.2) is 54.6 Å². The number of ether oxygens (including phenoxy) is 3. The second kappa shape index (κ2) is 9.42. The summed E-state index contributed by atoms with van der Waals surface area (Å²) in [6, 6.07) is 14.1. The van der Waals surface area contributed by atoms with Crippen molar-refractivity contribution in [2.24, 2.45) is 0 Å². The van der Waals surface area contributed by atoms with Gasteiger partial charge in [-0.05, 0) is 44.2 Å². The van der Waals surface area contributed by atoms with Gasteiger partial charge in [-0.1, -0.05) is 24.3 Å². The molecule has 0 aliphatic heterocycles. The Balaban J connectivity index is 1.49. The third-order valence-electron chi connectivity index (χ3n) is 5.83. The highest BCUT2D eigenvalue weighted by Gasteiger charge is 2.30. The van der Waals surface area contributed by atoms with Crippen LogP contribution in [0.4, 0.5) is 5.69 Å². The number of anilines is 1. The Morgan fingerprint density at radius 1 is 0.800 bits per heavy atom. The minimum Gasteiger partial charge on any atom is -0.496 e. The zero-order valence-corrected chi connectivity index (χ0v) is 19.6. The van der Waals surface area contributed by atoms with Gasteiger partial charge in [0.25, 0.3) is 5.91 Å². The average molecular weight is 473 g/mol. The number of esters is 1. The van der Waals surface area contributed by atoms with Crippen LogP contribution >= 0.6 is 0 Å². The number of benzene rings is 3. The number of hydrogen-bond acceptors (Lipinski definition) is 7. The van der Waals surface area contributed by atoms with E-state index in [0.29, 0.717) is 28.3 Å². The van der Waals surface area contributed by atoms with E-state index in [1.54, 1.807) is 31.2 Å². The summed E-state index contributed by atoms with van der Waals surface area (Å²) in [5.74, 6) is -0.981. The number of rotatable bonds is 6. The SMILES string of the molecule is COc1cc(C(=O)OC(C)C(=O)Nc2ccc3c(c2)C(=O)c2ccccc2C3=O)cc(OC)c1C. The van der Waals surface area contributed by atoms with Crippen LogP contribution in [0, 0.1) is 6.92 Å². The smallest absolute Gasteiger partial charge is 0.339 e. The van der Waals surface area contributed by atoms with E-state index >= 15 is 0 Å². The van der Waals surface area contributed by atoms with E-state index in [1.807, 2.05) is 0 Å². The monoisotopic (exact) mass is 473 g/mol. The molecule has 178 valence electrons. The van der Waals surface area contributed by atoms with Gasteiger partial charge in [0.05, 0.1) is 19.8 Å². The van der Waals surface area contributed by atoms with E-state index in [-0.39, 0.29) is 28.3 Å². The Labute approximate surface area is 201 Å². The third-order valence-corrected chi connectivity index (χ3v) is 5.83. The first kappa shape index (κ1) is 23.7. The van der Waals surface area contributed by atoms with Crippen molar-refractivity contribution in [1.29, 1.82) is 0 Å². The number of ketones is 2. The second-order valence-electron chi connectivity index (χ2n) is 8.01. The Morgan fingerprint density at radius 3 is 1.91 bits per heavy atom. The molecule has 8 heteroatoms. The summed E-state index contributed by atoms with van der Waals surface area (Å²) in [7, 11) is 2.95. The normalized spacial score (nSPS) is 12.8. The van der Waals surface area contributed by atoms with Crippen molar-refractivity contribution < 1.29 is 33.4 Å². The van der Waals surface area contributed by atoms with Crippen molar-refractivity contribution in [3.63, 3.8) is 0 Å². The summed E-state index contributed by atoms with van der Waals surface area (Å²) < 4.78 is 15.9. The van der Waals surface area contributed by atoms with Gasteiger partial charge in [-0.2, -0.15) is 0 Å². The minimum absolute atomic E-state index is 0.167. The Hall–Kier alpha value is -4.46. The highest BCUT2D eigenvalue weighted by Crippen LogP contribution is 2.31. The number of amides is 1. The van der Waals surface area contributed by atoms with Gasteiger partial charge >= 0.3 is 5.97 Å². The lowest BCUT2D eigenvalue weighted by molar-refractivity contribution is -0.123. The predicted octanol–water partition coefficient (Wildman–Crippen LogP) is 3.97. The molecule has 1 aliphatic carbocycles. The Kier molecular flexibility index (Phi) is 6.38. The van der Waals surface area contributed by atoms with Crippen LogP contribution < -0.4 is 14.8 Å². The van der Waals surface area contributed by atoms with Crippen molar-refractivity contribution in [3.05, 3.63) is 88.0 Å². The number of methoxy groups -OCH3 is 2. The molecule has 4 rings (SSSR count). The molecule has 1 aliphatic rings. The van der Waals surface area contributed by atoms with Crippen LogP contribution in [0.1, 0.15) is 54.7 Å². The molecule has 3 aromatic carbocycles. The first-order chi connectivity index (χ1) is 16.7. The number of nitrogens with one attached hydrogen (secondary N) is 1. The summed E-state index contributed by atoms with van der Waals surface area (Å²) in [6.07, 6.45) is -1.14. The molecule has 8 nitrogen and oxygen atoms in total. The van der Waals surface area contributed by atoms with Gasteiger partial charge in [-0.25, -0.2) is 4.79 Å². The summed E-state index contributed by atoms with van der Waals surface area (Å²) >= 11 is 0. The molecule has 1 N–H and O–H groups in total. The van der Waals surface area contributed by atoms with Gasteiger partial charge in [-0.15, -0.1) is 0 Å². The van der Waals surface area contributed by atoms with Gasteiger partial charge in [0, 0.05) is 33.5 Å².